The molecule has 0 N–H and O–H groups in total. The molecule has 1 atom stereocenters. The van der Waals surface area contributed by atoms with Gasteiger partial charge in [-0.15, -0.1) is 0 Å². The second-order valence-corrected chi connectivity index (χ2v) is 9.49. The molecule has 0 bridgehead atoms. The van der Waals surface area contributed by atoms with Crippen molar-refractivity contribution < 1.29 is 12.8 Å². The third-order valence-electron chi connectivity index (χ3n) is 5.55. The molecule has 2 aliphatic rings. The lowest BCUT2D eigenvalue weighted by molar-refractivity contribution is 0.231. The maximum Gasteiger partial charge on any atom is 0.243 e. The Bertz CT molecular complexity index is 1020. The highest BCUT2D eigenvalue weighted by molar-refractivity contribution is 7.89. The lowest BCUT2D eigenvalue weighted by Crippen LogP contribution is -2.40. The minimum absolute atomic E-state index is 0.0785. The molecule has 142 valence electrons. The highest BCUT2D eigenvalue weighted by Crippen LogP contribution is 2.36. The normalized spacial score (nSPS) is 22.1. The van der Waals surface area contributed by atoms with Gasteiger partial charge in [-0.2, -0.15) is 4.31 Å². The Hall–Kier alpha value is -1.69. The molecule has 3 nitrogen and oxygen atoms in total. The molecule has 1 fully saturated rings. The average Bonchev–Trinajstić information content (AvgIpc) is 2.68. The molecule has 2 aromatic rings. The summed E-state index contributed by atoms with van der Waals surface area (Å²) in [4.78, 5) is 0.277. The zero-order valence-corrected chi connectivity index (χ0v) is 16.4. The summed E-state index contributed by atoms with van der Waals surface area (Å²) in [5.74, 6) is -0.128. The molecule has 1 saturated heterocycles. The molecule has 27 heavy (non-hydrogen) atoms. The van der Waals surface area contributed by atoms with E-state index < -0.39 is 10.0 Å². The monoisotopic (exact) mass is 405 g/mol. The van der Waals surface area contributed by atoms with Crippen LogP contribution in [0.5, 0.6) is 0 Å². The van der Waals surface area contributed by atoms with Crippen LogP contribution in [0, 0.1) is 11.8 Å². The molecule has 1 unspecified atom stereocenters. The van der Waals surface area contributed by atoms with Gasteiger partial charge in [0.25, 0.3) is 0 Å². The van der Waals surface area contributed by atoms with Crippen molar-refractivity contribution in [1.82, 2.24) is 4.31 Å². The SMILES string of the molecule is O=S(=O)(c1ccc2c(Cl)cccc2c1)N1CCC(C2C=CCC=C2F)CC1. The third-order valence-corrected chi connectivity index (χ3v) is 7.78. The van der Waals surface area contributed by atoms with E-state index in [1.54, 1.807) is 30.3 Å². The highest BCUT2D eigenvalue weighted by Gasteiger charge is 2.33. The zero-order valence-electron chi connectivity index (χ0n) is 14.8. The first kappa shape index (κ1) is 18.7. The minimum atomic E-state index is -3.57. The molecule has 6 heteroatoms. The van der Waals surface area contributed by atoms with Crippen LogP contribution in [-0.2, 0) is 10.0 Å². The van der Waals surface area contributed by atoms with Crippen molar-refractivity contribution in [2.24, 2.45) is 11.8 Å². The predicted molar refractivity (Wildman–Crippen MR) is 107 cm³/mol. The number of benzene rings is 2. The Labute approximate surface area is 164 Å². The van der Waals surface area contributed by atoms with Gasteiger partial charge in [0.05, 0.1) is 4.90 Å². The number of allylic oxidation sites excluding steroid dienone is 4. The van der Waals surface area contributed by atoms with Crippen LogP contribution < -0.4 is 0 Å². The summed E-state index contributed by atoms with van der Waals surface area (Å²) in [5, 5.41) is 2.24. The minimum Gasteiger partial charge on any atom is -0.212 e. The van der Waals surface area contributed by atoms with Gasteiger partial charge in [0.1, 0.15) is 5.83 Å². The fraction of sp³-hybridized carbons (Fsp3) is 0.333. The van der Waals surface area contributed by atoms with Crippen LogP contribution in [0.2, 0.25) is 5.02 Å². The first-order valence-electron chi connectivity index (χ1n) is 9.17. The van der Waals surface area contributed by atoms with Gasteiger partial charge in [-0.3, -0.25) is 0 Å². The molecule has 1 heterocycles. The maximum absolute atomic E-state index is 14.1. The van der Waals surface area contributed by atoms with Crippen molar-refractivity contribution in [2.75, 3.05) is 13.1 Å². The van der Waals surface area contributed by atoms with Crippen molar-refractivity contribution in [1.29, 1.82) is 0 Å². The molecular weight excluding hydrogens is 385 g/mol. The number of hydrogen-bond donors (Lipinski definition) is 0. The van der Waals surface area contributed by atoms with E-state index >= 15 is 0 Å². The third kappa shape index (κ3) is 3.56. The van der Waals surface area contributed by atoms with E-state index in [1.165, 1.54) is 4.31 Å². The largest absolute Gasteiger partial charge is 0.243 e. The van der Waals surface area contributed by atoms with E-state index in [4.69, 9.17) is 11.6 Å². The summed E-state index contributed by atoms with van der Waals surface area (Å²) in [6.45, 7) is 0.830. The molecule has 4 rings (SSSR count). The number of halogens is 2. The summed E-state index contributed by atoms with van der Waals surface area (Å²) >= 11 is 6.17. The maximum atomic E-state index is 14.1. The number of sulfonamides is 1. The van der Waals surface area contributed by atoms with Crippen LogP contribution in [0.4, 0.5) is 4.39 Å². The van der Waals surface area contributed by atoms with E-state index in [2.05, 4.69) is 0 Å². The second-order valence-electron chi connectivity index (χ2n) is 7.14. The summed E-state index contributed by atoms with van der Waals surface area (Å²) in [5.41, 5.74) is 0. The zero-order chi connectivity index (χ0) is 19.0. The Morgan fingerprint density at radius 2 is 1.89 bits per heavy atom. The first-order valence-corrected chi connectivity index (χ1v) is 11.0. The second kappa shape index (κ2) is 7.38. The Kier molecular flexibility index (Phi) is 5.10. The Morgan fingerprint density at radius 3 is 2.63 bits per heavy atom. The number of hydrogen-bond acceptors (Lipinski definition) is 2. The first-order chi connectivity index (χ1) is 13.0. The summed E-state index contributed by atoms with van der Waals surface area (Å²) < 4.78 is 41.7. The molecule has 0 radical (unpaired) electrons. The van der Waals surface area contributed by atoms with Crippen LogP contribution in [0.1, 0.15) is 19.3 Å². The van der Waals surface area contributed by atoms with Crippen molar-refractivity contribution >= 4 is 32.4 Å². The van der Waals surface area contributed by atoms with Gasteiger partial charge >= 0.3 is 0 Å². The average molecular weight is 406 g/mol. The van der Waals surface area contributed by atoms with E-state index in [0.29, 0.717) is 37.4 Å². The number of fused-ring (bicyclic) bond motifs is 1. The standard InChI is InChI=1S/C21H21ClFNO2S/c22-20-6-3-4-16-14-17(8-9-18(16)20)27(25,26)24-12-10-15(11-13-24)19-5-1-2-7-21(19)23/h1,3-9,14-15,19H,2,10-13H2. The van der Waals surface area contributed by atoms with E-state index in [9.17, 15) is 12.8 Å². The van der Waals surface area contributed by atoms with Gasteiger partial charge in [0, 0.05) is 29.4 Å². The van der Waals surface area contributed by atoms with E-state index in [-0.39, 0.29) is 22.6 Å². The van der Waals surface area contributed by atoms with Crippen LogP contribution >= 0.6 is 11.6 Å². The number of nitrogens with zero attached hydrogens (tertiary/aromatic N) is 1. The Balaban J connectivity index is 1.53. The van der Waals surface area contributed by atoms with Gasteiger partial charge < -0.3 is 0 Å². The van der Waals surface area contributed by atoms with Crippen molar-refractivity contribution in [3.05, 3.63) is 65.5 Å². The van der Waals surface area contributed by atoms with Crippen LogP contribution in [0.15, 0.2) is 65.3 Å². The fourth-order valence-electron chi connectivity index (χ4n) is 4.02. The smallest absolute Gasteiger partial charge is 0.212 e. The molecule has 1 aliphatic heterocycles. The summed E-state index contributed by atoms with van der Waals surface area (Å²) in [6, 6.07) is 10.5. The Morgan fingerprint density at radius 1 is 1.11 bits per heavy atom. The summed E-state index contributed by atoms with van der Waals surface area (Å²) in [6.07, 6.45) is 7.49. The topological polar surface area (TPSA) is 37.4 Å². The molecule has 0 spiro atoms. The van der Waals surface area contributed by atoms with Crippen LogP contribution in [0.3, 0.4) is 0 Å². The number of piperidine rings is 1. The molecule has 0 amide bonds. The summed E-state index contributed by atoms with van der Waals surface area (Å²) in [7, 11) is -3.57. The predicted octanol–water partition coefficient (Wildman–Crippen LogP) is 5.32. The van der Waals surface area contributed by atoms with Crippen LogP contribution in [-0.4, -0.2) is 25.8 Å². The molecule has 1 aliphatic carbocycles. The lowest BCUT2D eigenvalue weighted by Gasteiger charge is -2.34. The van der Waals surface area contributed by atoms with Gasteiger partial charge in [0.15, 0.2) is 0 Å². The van der Waals surface area contributed by atoms with Crippen molar-refractivity contribution in [3.8, 4) is 0 Å². The van der Waals surface area contributed by atoms with E-state index in [0.717, 1.165) is 10.8 Å². The van der Waals surface area contributed by atoms with Gasteiger partial charge in [-0.05, 0) is 54.8 Å². The van der Waals surface area contributed by atoms with Gasteiger partial charge in [-0.1, -0.05) is 42.0 Å². The van der Waals surface area contributed by atoms with Crippen LogP contribution in [0.25, 0.3) is 10.8 Å². The molecule has 0 saturated carbocycles. The highest BCUT2D eigenvalue weighted by atomic mass is 35.5. The molecular formula is C21H21ClFNO2S. The van der Waals surface area contributed by atoms with Gasteiger partial charge in [0.2, 0.25) is 10.0 Å². The van der Waals surface area contributed by atoms with Crippen molar-refractivity contribution in [3.63, 3.8) is 0 Å². The fourth-order valence-corrected chi connectivity index (χ4v) is 5.77. The van der Waals surface area contributed by atoms with Gasteiger partial charge in [-0.25, -0.2) is 12.8 Å². The van der Waals surface area contributed by atoms with Crippen molar-refractivity contribution in [2.45, 2.75) is 24.2 Å². The molecule has 2 aromatic carbocycles. The molecule has 0 aromatic heterocycles. The van der Waals surface area contributed by atoms with E-state index in [1.807, 2.05) is 24.3 Å². The quantitative estimate of drug-likeness (QED) is 0.648. The number of rotatable bonds is 3. The lowest BCUT2D eigenvalue weighted by atomic mass is 9.82.